The summed E-state index contributed by atoms with van der Waals surface area (Å²) in [5, 5.41) is 0. The molecular formula is C12H11N5. The number of nitrogens with two attached hydrogens (primary N) is 1. The molecule has 0 saturated heterocycles. The van der Waals surface area contributed by atoms with Crippen molar-refractivity contribution in [2.75, 3.05) is 5.73 Å². The van der Waals surface area contributed by atoms with Crippen LogP contribution in [0.25, 0.3) is 16.8 Å². The minimum Gasteiger partial charge on any atom is -0.382 e. The van der Waals surface area contributed by atoms with Gasteiger partial charge in [0, 0.05) is 30.4 Å². The lowest BCUT2D eigenvalue weighted by Gasteiger charge is -2.00. The van der Waals surface area contributed by atoms with Gasteiger partial charge in [0.05, 0.1) is 0 Å². The van der Waals surface area contributed by atoms with Crippen molar-refractivity contribution in [1.29, 1.82) is 0 Å². The smallest absolute Gasteiger partial charge is 0.150 e. The summed E-state index contributed by atoms with van der Waals surface area (Å²) in [7, 11) is 0. The number of aromatic nitrogens is 4. The Bertz CT molecular complexity index is 672. The van der Waals surface area contributed by atoms with Gasteiger partial charge in [-0.3, -0.25) is 9.38 Å². The van der Waals surface area contributed by atoms with Gasteiger partial charge in [-0.2, -0.15) is 0 Å². The maximum absolute atomic E-state index is 5.92. The van der Waals surface area contributed by atoms with Crippen molar-refractivity contribution in [2.45, 2.75) is 6.92 Å². The highest BCUT2D eigenvalue weighted by Gasteiger charge is 2.12. The Hall–Kier alpha value is -2.43. The molecule has 5 nitrogen and oxygen atoms in total. The second-order valence-corrected chi connectivity index (χ2v) is 3.77. The Morgan fingerprint density at radius 1 is 1.18 bits per heavy atom. The van der Waals surface area contributed by atoms with Crippen molar-refractivity contribution in [2.24, 2.45) is 0 Å². The molecule has 0 amide bonds. The van der Waals surface area contributed by atoms with Gasteiger partial charge in [0.25, 0.3) is 0 Å². The zero-order valence-electron chi connectivity index (χ0n) is 9.33. The van der Waals surface area contributed by atoms with Crippen LogP contribution in [0.5, 0.6) is 0 Å². The quantitative estimate of drug-likeness (QED) is 0.684. The van der Waals surface area contributed by atoms with E-state index in [1.807, 2.05) is 29.7 Å². The highest BCUT2D eigenvalue weighted by atomic mass is 15.1. The molecule has 2 N–H and O–H groups in total. The van der Waals surface area contributed by atoms with Gasteiger partial charge in [-0.1, -0.05) is 0 Å². The molecule has 0 aromatic carbocycles. The van der Waals surface area contributed by atoms with Gasteiger partial charge in [0.2, 0.25) is 0 Å². The summed E-state index contributed by atoms with van der Waals surface area (Å²) in [6, 6.07) is 3.82. The van der Waals surface area contributed by atoms with E-state index in [-0.39, 0.29) is 0 Å². The first-order chi connectivity index (χ1) is 8.27. The first-order valence-corrected chi connectivity index (χ1v) is 5.27. The summed E-state index contributed by atoms with van der Waals surface area (Å²) < 4.78 is 1.94. The number of fused-ring (bicyclic) bond motifs is 1. The topological polar surface area (TPSA) is 69.1 Å². The van der Waals surface area contributed by atoms with Crippen LogP contribution in [0.15, 0.2) is 36.9 Å². The van der Waals surface area contributed by atoms with Gasteiger partial charge in [-0.05, 0) is 19.1 Å². The van der Waals surface area contributed by atoms with Crippen LogP contribution in [0.3, 0.4) is 0 Å². The van der Waals surface area contributed by atoms with Crippen LogP contribution in [0.4, 0.5) is 5.82 Å². The van der Waals surface area contributed by atoms with Gasteiger partial charge in [-0.25, -0.2) is 9.97 Å². The highest BCUT2D eigenvalue weighted by molar-refractivity contribution is 5.85. The van der Waals surface area contributed by atoms with Crippen LogP contribution < -0.4 is 5.73 Å². The zero-order valence-corrected chi connectivity index (χ0v) is 9.33. The maximum Gasteiger partial charge on any atom is 0.150 e. The Morgan fingerprint density at radius 2 is 1.94 bits per heavy atom. The van der Waals surface area contributed by atoms with Gasteiger partial charge in [-0.15, -0.1) is 0 Å². The summed E-state index contributed by atoms with van der Waals surface area (Å²) in [6.07, 6.45) is 7.01. The largest absolute Gasteiger partial charge is 0.382 e. The molecule has 0 saturated carbocycles. The average Bonchev–Trinajstić information content (AvgIpc) is 2.70. The molecule has 0 aliphatic carbocycles. The summed E-state index contributed by atoms with van der Waals surface area (Å²) in [5.74, 6) is 1.38. The van der Waals surface area contributed by atoms with Crippen molar-refractivity contribution < 1.29 is 0 Å². The molecule has 0 unspecified atom stereocenters. The monoisotopic (exact) mass is 225 g/mol. The van der Waals surface area contributed by atoms with E-state index in [0.29, 0.717) is 5.82 Å². The van der Waals surface area contributed by atoms with Crippen LogP contribution in [-0.4, -0.2) is 19.4 Å². The molecule has 3 rings (SSSR count). The van der Waals surface area contributed by atoms with E-state index < -0.39 is 0 Å². The molecule has 17 heavy (non-hydrogen) atoms. The molecule has 3 heterocycles. The minimum atomic E-state index is 0.486. The number of imidazole rings is 1. The van der Waals surface area contributed by atoms with Crippen molar-refractivity contribution >= 4 is 11.3 Å². The Morgan fingerprint density at radius 3 is 2.71 bits per heavy atom. The lowest BCUT2D eigenvalue weighted by atomic mass is 10.2. The number of hydrogen-bond donors (Lipinski definition) is 1. The van der Waals surface area contributed by atoms with Gasteiger partial charge in [0.1, 0.15) is 22.9 Å². The number of anilines is 1. The van der Waals surface area contributed by atoms with E-state index in [4.69, 9.17) is 5.73 Å². The number of nitrogens with zero attached hydrogens (tertiary/aromatic N) is 4. The molecule has 0 radical (unpaired) electrons. The Kier molecular flexibility index (Phi) is 2.04. The van der Waals surface area contributed by atoms with E-state index in [1.54, 1.807) is 18.6 Å². The zero-order chi connectivity index (χ0) is 11.8. The normalized spacial score (nSPS) is 10.9. The predicted molar refractivity (Wildman–Crippen MR) is 65.4 cm³/mol. The van der Waals surface area contributed by atoms with Crippen LogP contribution in [0.1, 0.15) is 5.82 Å². The molecule has 84 valence electrons. The summed E-state index contributed by atoms with van der Waals surface area (Å²) in [5.41, 5.74) is 8.60. The van der Waals surface area contributed by atoms with Crippen molar-refractivity contribution in [3.05, 3.63) is 42.7 Å². The standard InChI is InChI=1S/C12H11N5/c1-8-16-10(9-2-4-14-5-3-9)11-12(13)15-6-7-17(8)11/h2-7H,1H3,(H2,13,15). The summed E-state index contributed by atoms with van der Waals surface area (Å²) >= 11 is 0. The second kappa shape index (κ2) is 3.55. The lowest BCUT2D eigenvalue weighted by Crippen LogP contribution is -1.96. The number of aryl methyl sites for hydroxylation is 1. The molecule has 5 heteroatoms. The number of pyridine rings is 1. The van der Waals surface area contributed by atoms with Gasteiger partial charge >= 0.3 is 0 Å². The number of rotatable bonds is 1. The molecule has 0 spiro atoms. The molecule has 0 aliphatic heterocycles. The fourth-order valence-corrected chi connectivity index (χ4v) is 1.92. The molecule has 0 fully saturated rings. The first-order valence-electron chi connectivity index (χ1n) is 5.27. The van der Waals surface area contributed by atoms with E-state index in [0.717, 1.165) is 22.6 Å². The van der Waals surface area contributed by atoms with Crippen molar-refractivity contribution in [3.8, 4) is 11.3 Å². The fourth-order valence-electron chi connectivity index (χ4n) is 1.92. The summed E-state index contributed by atoms with van der Waals surface area (Å²) in [6.45, 7) is 1.94. The van der Waals surface area contributed by atoms with Gasteiger partial charge < -0.3 is 5.73 Å². The van der Waals surface area contributed by atoms with Crippen molar-refractivity contribution in [3.63, 3.8) is 0 Å². The molecular weight excluding hydrogens is 214 g/mol. The highest BCUT2D eigenvalue weighted by Crippen LogP contribution is 2.26. The van der Waals surface area contributed by atoms with E-state index in [1.165, 1.54) is 0 Å². The molecule has 3 aromatic heterocycles. The predicted octanol–water partition coefficient (Wildman–Crippen LogP) is 1.68. The van der Waals surface area contributed by atoms with Crippen LogP contribution in [0.2, 0.25) is 0 Å². The van der Waals surface area contributed by atoms with E-state index >= 15 is 0 Å². The third kappa shape index (κ3) is 1.44. The lowest BCUT2D eigenvalue weighted by molar-refractivity contribution is 1.03. The van der Waals surface area contributed by atoms with Crippen LogP contribution in [-0.2, 0) is 0 Å². The van der Waals surface area contributed by atoms with Crippen molar-refractivity contribution in [1.82, 2.24) is 19.4 Å². The van der Waals surface area contributed by atoms with Crippen LogP contribution in [0, 0.1) is 6.92 Å². The Balaban J connectivity index is 2.38. The van der Waals surface area contributed by atoms with E-state index in [2.05, 4.69) is 15.0 Å². The molecule has 0 bridgehead atoms. The third-order valence-electron chi connectivity index (χ3n) is 2.71. The minimum absolute atomic E-state index is 0.486. The summed E-state index contributed by atoms with van der Waals surface area (Å²) in [4.78, 5) is 12.6. The van der Waals surface area contributed by atoms with Gasteiger partial charge in [0.15, 0.2) is 0 Å². The Labute approximate surface area is 98.0 Å². The number of hydrogen-bond acceptors (Lipinski definition) is 4. The average molecular weight is 225 g/mol. The molecule has 0 atom stereocenters. The molecule has 3 aromatic rings. The van der Waals surface area contributed by atoms with Crippen LogP contribution >= 0.6 is 0 Å². The second-order valence-electron chi connectivity index (χ2n) is 3.77. The molecule has 0 aliphatic rings. The first kappa shape index (κ1) is 9.77. The SMILES string of the molecule is Cc1nc(-c2ccncc2)c2c(N)nccn12. The maximum atomic E-state index is 5.92. The fraction of sp³-hybridized carbons (Fsp3) is 0.0833. The third-order valence-corrected chi connectivity index (χ3v) is 2.71. The number of nitrogen functional groups attached to an aromatic ring is 1. The van der Waals surface area contributed by atoms with E-state index in [9.17, 15) is 0 Å².